The maximum atomic E-state index is 12.8. The smallest absolute Gasteiger partial charge is 0.359 e. The van der Waals surface area contributed by atoms with E-state index in [-0.39, 0.29) is 11.6 Å². The second-order valence-corrected chi connectivity index (χ2v) is 5.22. The Bertz CT molecular complexity index is 687. The monoisotopic (exact) mass is 327 g/mol. The molecule has 24 heavy (non-hydrogen) atoms. The molecule has 1 amide bonds. The molecule has 0 unspecified atom stereocenters. The van der Waals surface area contributed by atoms with Crippen LogP contribution in [0.3, 0.4) is 0 Å². The molecule has 7 heteroatoms. The normalized spacial score (nSPS) is 15.6. The molecule has 0 bridgehead atoms. The van der Waals surface area contributed by atoms with E-state index in [9.17, 15) is 9.59 Å². The summed E-state index contributed by atoms with van der Waals surface area (Å²) in [6, 6.07) is 8.94. The van der Waals surface area contributed by atoms with Crippen molar-refractivity contribution in [2.24, 2.45) is 0 Å². The van der Waals surface area contributed by atoms with Gasteiger partial charge in [-0.2, -0.15) is 0 Å². The number of morpholine rings is 1. The molecule has 1 saturated heterocycles. The number of aromatic nitrogens is 2. The molecule has 0 N–H and O–H groups in total. The van der Waals surface area contributed by atoms with E-state index in [1.165, 1.54) is 18.6 Å². The van der Waals surface area contributed by atoms with E-state index in [1.54, 1.807) is 29.2 Å². The molecular weight excluding hydrogens is 310 g/mol. The molecule has 0 spiro atoms. The number of benzene rings is 1. The van der Waals surface area contributed by atoms with E-state index in [1.807, 2.05) is 6.07 Å². The predicted molar refractivity (Wildman–Crippen MR) is 84.0 cm³/mol. The van der Waals surface area contributed by atoms with Gasteiger partial charge in [0, 0.05) is 31.0 Å². The minimum Gasteiger partial charge on any atom is -0.443 e. The highest BCUT2D eigenvalue weighted by atomic mass is 16.5. The van der Waals surface area contributed by atoms with Crippen LogP contribution in [0.4, 0.5) is 0 Å². The van der Waals surface area contributed by atoms with Gasteiger partial charge in [-0.3, -0.25) is 9.78 Å². The first-order valence-corrected chi connectivity index (χ1v) is 7.64. The fourth-order valence-electron chi connectivity index (χ4n) is 2.41. The first kappa shape index (κ1) is 16.1. The molecule has 2 aromatic rings. The van der Waals surface area contributed by atoms with Gasteiger partial charge in [-0.05, 0) is 0 Å². The molecule has 124 valence electrons. The zero-order valence-electron chi connectivity index (χ0n) is 13.0. The Morgan fingerprint density at radius 1 is 1.12 bits per heavy atom. The average molecular weight is 327 g/mol. The zero-order chi connectivity index (χ0) is 16.8. The van der Waals surface area contributed by atoms with Crippen LogP contribution in [-0.2, 0) is 14.3 Å². The van der Waals surface area contributed by atoms with E-state index >= 15 is 0 Å². The second kappa shape index (κ2) is 7.65. The lowest BCUT2D eigenvalue weighted by Gasteiger charge is -2.30. The van der Waals surface area contributed by atoms with Crippen LogP contribution in [-0.4, -0.2) is 53.0 Å². The summed E-state index contributed by atoms with van der Waals surface area (Å²) in [7, 11) is 0. The van der Waals surface area contributed by atoms with E-state index < -0.39 is 12.1 Å². The van der Waals surface area contributed by atoms with Gasteiger partial charge in [0.1, 0.15) is 0 Å². The fourth-order valence-corrected chi connectivity index (χ4v) is 2.41. The zero-order valence-corrected chi connectivity index (χ0v) is 13.0. The van der Waals surface area contributed by atoms with Crippen molar-refractivity contribution in [3.8, 4) is 0 Å². The number of esters is 1. The summed E-state index contributed by atoms with van der Waals surface area (Å²) < 4.78 is 10.7. The van der Waals surface area contributed by atoms with Crippen molar-refractivity contribution >= 4 is 11.9 Å². The summed E-state index contributed by atoms with van der Waals surface area (Å²) in [4.78, 5) is 34.5. The van der Waals surface area contributed by atoms with Crippen molar-refractivity contribution in [3.05, 3.63) is 60.2 Å². The minimum absolute atomic E-state index is 0.0632. The summed E-state index contributed by atoms with van der Waals surface area (Å²) in [6.07, 6.45) is 3.16. The van der Waals surface area contributed by atoms with Gasteiger partial charge in [0.05, 0.1) is 19.4 Å². The minimum atomic E-state index is -1.01. The molecule has 1 aromatic heterocycles. The lowest BCUT2D eigenvalue weighted by Crippen LogP contribution is -2.44. The Kier molecular flexibility index (Phi) is 5.12. The molecule has 7 nitrogen and oxygen atoms in total. The predicted octanol–water partition coefficient (Wildman–Crippen LogP) is 1.23. The largest absolute Gasteiger partial charge is 0.443 e. The van der Waals surface area contributed by atoms with E-state index in [0.29, 0.717) is 31.9 Å². The van der Waals surface area contributed by atoms with Crippen molar-refractivity contribution in [2.75, 3.05) is 26.3 Å². The van der Waals surface area contributed by atoms with Gasteiger partial charge < -0.3 is 14.4 Å². The topological polar surface area (TPSA) is 81.6 Å². The third kappa shape index (κ3) is 3.75. The van der Waals surface area contributed by atoms with Crippen molar-refractivity contribution in [1.82, 2.24) is 14.9 Å². The van der Waals surface area contributed by atoms with Crippen molar-refractivity contribution in [2.45, 2.75) is 6.10 Å². The molecule has 1 atom stereocenters. The molecule has 1 aliphatic rings. The third-order valence-electron chi connectivity index (χ3n) is 3.65. The highest BCUT2D eigenvalue weighted by Gasteiger charge is 2.31. The highest BCUT2D eigenvalue weighted by molar-refractivity contribution is 5.91. The Hall–Kier alpha value is -2.80. The lowest BCUT2D eigenvalue weighted by molar-refractivity contribution is -0.145. The third-order valence-corrected chi connectivity index (χ3v) is 3.65. The van der Waals surface area contributed by atoms with Gasteiger partial charge in [0.15, 0.2) is 5.69 Å². The number of rotatable bonds is 4. The van der Waals surface area contributed by atoms with Crippen LogP contribution < -0.4 is 0 Å². The summed E-state index contributed by atoms with van der Waals surface area (Å²) in [5, 5.41) is 0. The van der Waals surface area contributed by atoms with Gasteiger partial charge in [0.2, 0.25) is 6.10 Å². The fraction of sp³-hybridized carbons (Fsp3) is 0.294. The van der Waals surface area contributed by atoms with Crippen LogP contribution in [0.1, 0.15) is 22.2 Å². The van der Waals surface area contributed by atoms with Crippen LogP contribution in [0.2, 0.25) is 0 Å². The molecule has 1 aliphatic heterocycles. The SMILES string of the molecule is O=C(O[C@@H](C(=O)N1CCOCC1)c1ccccc1)c1cnccn1. The number of ether oxygens (including phenoxy) is 2. The molecule has 1 fully saturated rings. The van der Waals surface area contributed by atoms with E-state index in [2.05, 4.69) is 9.97 Å². The van der Waals surface area contributed by atoms with Gasteiger partial charge in [-0.1, -0.05) is 30.3 Å². The number of nitrogens with zero attached hydrogens (tertiary/aromatic N) is 3. The number of carbonyl (C=O) groups is 2. The Balaban J connectivity index is 1.82. The van der Waals surface area contributed by atoms with Gasteiger partial charge in [-0.25, -0.2) is 9.78 Å². The number of amides is 1. The van der Waals surface area contributed by atoms with Gasteiger partial charge in [-0.15, -0.1) is 0 Å². The van der Waals surface area contributed by atoms with Crippen LogP contribution in [0, 0.1) is 0 Å². The van der Waals surface area contributed by atoms with Gasteiger partial charge >= 0.3 is 5.97 Å². The first-order chi connectivity index (χ1) is 11.8. The molecule has 0 saturated carbocycles. The standard InChI is InChI=1S/C17H17N3O4/c21-16(20-8-10-23-11-9-20)15(13-4-2-1-3-5-13)24-17(22)14-12-18-6-7-19-14/h1-7,12,15H,8-11H2/t15-/m1/s1. The average Bonchev–Trinajstić information content (AvgIpc) is 2.67. The van der Waals surface area contributed by atoms with Crippen molar-refractivity contribution in [3.63, 3.8) is 0 Å². The summed E-state index contributed by atoms with van der Waals surface area (Å²) in [5.41, 5.74) is 0.680. The lowest BCUT2D eigenvalue weighted by atomic mass is 10.1. The second-order valence-electron chi connectivity index (χ2n) is 5.22. The van der Waals surface area contributed by atoms with Crippen LogP contribution >= 0.6 is 0 Å². The Morgan fingerprint density at radius 3 is 2.54 bits per heavy atom. The quantitative estimate of drug-likeness (QED) is 0.786. The Morgan fingerprint density at radius 2 is 1.88 bits per heavy atom. The maximum Gasteiger partial charge on any atom is 0.359 e. The summed E-state index contributed by atoms with van der Waals surface area (Å²) in [6.45, 7) is 1.91. The van der Waals surface area contributed by atoms with Crippen LogP contribution in [0.25, 0.3) is 0 Å². The van der Waals surface area contributed by atoms with Crippen molar-refractivity contribution in [1.29, 1.82) is 0 Å². The number of carbonyl (C=O) groups excluding carboxylic acids is 2. The molecule has 1 aromatic carbocycles. The van der Waals surface area contributed by atoms with E-state index in [0.717, 1.165) is 0 Å². The number of hydrogen-bond acceptors (Lipinski definition) is 6. The Labute approximate surface area is 139 Å². The molecule has 0 radical (unpaired) electrons. The first-order valence-electron chi connectivity index (χ1n) is 7.64. The van der Waals surface area contributed by atoms with Gasteiger partial charge in [0.25, 0.3) is 5.91 Å². The summed E-state index contributed by atoms with van der Waals surface area (Å²) in [5.74, 6) is -0.944. The van der Waals surface area contributed by atoms with Crippen LogP contribution in [0.15, 0.2) is 48.9 Å². The number of hydrogen-bond donors (Lipinski definition) is 0. The molecule has 3 rings (SSSR count). The van der Waals surface area contributed by atoms with Crippen molar-refractivity contribution < 1.29 is 19.1 Å². The highest BCUT2D eigenvalue weighted by Crippen LogP contribution is 2.22. The van der Waals surface area contributed by atoms with E-state index in [4.69, 9.17) is 9.47 Å². The molecular formula is C17H17N3O4. The van der Waals surface area contributed by atoms with Crippen LogP contribution in [0.5, 0.6) is 0 Å². The summed E-state index contributed by atoms with van der Waals surface area (Å²) >= 11 is 0. The maximum absolute atomic E-state index is 12.8. The molecule has 2 heterocycles. The molecule has 0 aliphatic carbocycles.